The van der Waals surface area contributed by atoms with E-state index in [9.17, 15) is 8.42 Å². The molecule has 4 nitrogen and oxygen atoms in total. The Morgan fingerprint density at radius 2 is 1.89 bits per heavy atom. The number of thiophene rings is 1. The lowest BCUT2D eigenvalue weighted by Crippen LogP contribution is -2.40. The Labute approximate surface area is 111 Å². The maximum absolute atomic E-state index is 12.2. The first kappa shape index (κ1) is 13.2. The summed E-state index contributed by atoms with van der Waals surface area (Å²) in [7, 11) is -3.47. The van der Waals surface area contributed by atoms with Crippen molar-refractivity contribution in [1.82, 2.24) is 9.71 Å². The van der Waals surface area contributed by atoms with Gasteiger partial charge in [0.1, 0.15) is 4.21 Å². The van der Waals surface area contributed by atoms with E-state index < -0.39 is 15.6 Å². The fourth-order valence-corrected chi connectivity index (χ4v) is 4.02. The third-order valence-electron chi connectivity index (χ3n) is 2.55. The maximum atomic E-state index is 12.2. The van der Waals surface area contributed by atoms with Gasteiger partial charge >= 0.3 is 0 Å². The van der Waals surface area contributed by atoms with E-state index in [-0.39, 0.29) is 0 Å². The number of nitrogens with one attached hydrogen (secondary N) is 1. The quantitative estimate of drug-likeness (QED) is 0.936. The Hall–Kier alpha value is -1.24. The van der Waals surface area contributed by atoms with E-state index in [4.69, 9.17) is 0 Å². The van der Waals surface area contributed by atoms with Crippen molar-refractivity contribution >= 4 is 21.4 Å². The summed E-state index contributed by atoms with van der Waals surface area (Å²) in [5.74, 6) is 0. The van der Waals surface area contributed by atoms with Gasteiger partial charge in [-0.05, 0) is 43.0 Å². The molecule has 6 heteroatoms. The van der Waals surface area contributed by atoms with Crippen molar-refractivity contribution in [3.63, 3.8) is 0 Å². The van der Waals surface area contributed by atoms with Gasteiger partial charge in [-0.3, -0.25) is 4.98 Å². The number of aromatic nitrogens is 1. The van der Waals surface area contributed by atoms with E-state index in [1.54, 1.807) is 42.0 Å². The molecule has 2 aromatic rings. The van der Waals surface area contributed by atoms with Crippen molar-refractivity contribution in [2.24, 2.45) is 0 Å². The van der Waals surface area contributed by atoms with Crippen LogP contribution < -0.4 is 4.72 Å². The van der Waals surface area contributed by atoms with Gasteiger partial charge in [-0.15, -0.1) is 11.3 Å². The van der Waals surface area contributed by atoms with Crippen LogP contribution in [0.4, 0.5) is 0 Å². The van der Waals surface area contributed by atoms with E-state index >= 15 is 0 Å². The Bertz CT molecular complexity index is 605. The van der Waals surface area contributed by atoms with Crippen LogP contribution in [0, 0.1) is 0 Å². The lowest BCUT2D eigenvalue weighted by molar-refractivity contribution is 0.472. The third kappa shape index (κ3) is 2.77. The van der Waals surface area contributed by atoms with Gasteiger partial charge in [-0.2, -0.15) is 0 Å². The summed E-state index contributed by atoms with van der Waals surface area (Å²) in [5, 5.41) is 1.74. The second kappa shape index (κ2) is 4.79. The summed E-state index contributed by atoms with van der Waals surface area (Å²) < 4.78 is 27.4. The van der Waals surface area contributed by atoms with Crippen molar-refractivity contribution in [3.05, 3.63) is 47.6 Å². The Balaban J connectivity index is 2.29. The maximum Gasteiger partial charge on any atom is 0.250 e. The zero-order valence-electron chi connectivity index (χ0n) is 10.1. The van der Waals surface area contributed by atoms with Gasteiger partial charge in [0, 0.05) is 12.4 Å². The van der Waals surface area contributed by atoms with Crippen LogP contribution in [-0.2, 0) is 15.6 Å². The van der Waals surface area contributed by atoms with Crippen molar-refractivity contribution in [3.8, 4) is 0 Å². The average molecular weight is 282 g/mol. The Morgan fingerprint density at radius 3 is 2.44 bits per heavy atom. The fraction of sp³-hybridized carbons (Fsp3) is 0.250. The Morgan fingerprint density at radius 1 is 1.22 bits per heavy atom. The molecule has 0 aliphatic carbocycles. The molecule has 0 radical (unpaired) electrons. The van der Waals surface area contributed by atoms with Crippen molar-refractivity contribution < 1.29 is 8.42 Å². The molecule has 0 aliphatic heterocycles. The van der Waals surface area contributed by atoms with Crippen LogP contribution in [-0.4, -0.2) is 13.4 Å². The Kier molecular flexibility index (Phi) is 3.52. The van der Waals surface area contributed by atoms with Gasteiger partial charge < -0.3 is 0 Å². The van der Waals surface area contributed by atoms with E-state index in [1.807, 2.05) is 13.8 Å². The first-order valence-electron chi connectivity index (χ1n) is 5.40. The number of sulfonamides is 1. The number of hydrogen-bond donors (Lipinski definition) is 1. The van der Waals surface area contributed by atoms with E-state index in [2.05, 4.69) is 9.71 Å². The van der Waals surface area contributed by atoms with Crippen molar-refractivity contribution in [2.75, 3.05) is 0 Å². The molecule has 0 atom stereocenters. The molecular formula is C12H14N2O2S2. The van der Waals surface area contributed by atoms with E-state index in [0.29, 0.717) is 4.21 Å². The van der Waals surface area contributed by atoms with Gasteiger partial charge in [-0.25, -0.2) is 13.1 Å². The SMILES string of the molecule is CC(C)(NS(=O)(=O)c1cccs1)c1ccncc1. The highest BCUT2D eigenvalue weighted by atomic mass is 32.2. The van der Waals surface area contributed by atoms with Gasteiger partial charge in [0.05, 0.1) is 5.54 Å². The van der Waals surface area contributed by atoms with Crippen LogP contribution in [0.1, 0.15) is 19.4 Å². The molecule has 2 heterocycles. The molecule has 0 fully saturated rings. The average Bonchev–Trinajstić information content (AvgIpc) is 2.83. The van der Waals surface area contributed by atoms with Crippen LogP contribution in [0.15, 0.2) is 46.2 Å². The van der Waals surface area contributed by atoms with E-state index in [1.165, 1.54) is 11.3 Å². The second-order valence-corrected chi connectivity index (χ2v) is 7.26. The molecule has 1 N–H and O–H groups in total. The first-order chi connectivity index (χ1) is 8.42. The molecule has 0 aromatic carbocycles. The van der Waals surface area contributed by atoms with Crippen LogP contribution >= 0.6 is 11.3 Å². The lowest BCUT2D eigenvalue weighted by Gasteiger charge is -2.25. The van der Waals surface area contributed by atoms with E-state index in [0.717, 1.165) is 5.56 Å². The third-order valence-corrected chi connectivity index (χ3v) is 5.60. The molecule has 0 spiro atoms. The molecule has 0 bridgehead atoms. The minimum absolute atomic E-state index is 0.324. The summed E-state index contributed by atoms with van der Waals surface area (Å²) in [6.07, 6.45) is 3.30. The molecule has 2 aromatic heterocycles. The second-order valence-electron chi connectivity index (χ2n) is 4.40. The lowest BCUT2D eigenvalue weighted by atomic mass is 9.97. The molecular weight excluding hydrogens is 268 g/mol. The number of rotatable bonds is 4. The van der Waals surface area contributed by atoms with Crippen LogP contribution in [0.2, 0.25) is 0 Å². The number of pyridine rings is 1. The predicted molar refractivity (Wildman–Crippen MR) is 71.9 cm³/mol. The monoisotopic (exact) mass is 282 g/mol. The normalized spacial score (nSPS) is 12.6. The highest BCUT2D eigenvalue weighted by molar-refractivity contribution is 7.91. The summed E-state index contributed by atoms with van der Waals surface area (Å²) >= 11 is 1.20. The minimum Gasteiger partial charge on any atom is -0.265 e. The van der Waals surface area contributed by atoms with Gasteiger partial charge in [0.2, 0.25) is 0 Å². The molecule has 2 rings (SSSR count). The number of nitrogens with zero attached hydrogens (tertiary/aromatic N) is 1. The molecule has 0 saturated carbocycles. The molecule has 18 heavy (non-hydrogen) atoms. The van der Waals surface area contributed by atoms with Gasteiger partial charge in [0.15, 0.2) is 0 Å². The highest BCUT2D eigenvalue weighted by Crippen LogP contribution is 2.24. The molecule has 0 saturated heterocycles. The van der Waals surface area contributed by atoms with Crippen molar-refractivity contribution in [1.29, 1.82) is 0 Å². The summed E-state index contributed by atoms with van der Waals surface area (Å²) in [6, 6.07) is 6.92. The topological polar surface area (TPSA) is 59.1 Å². The largest absolute Gasteiger partial charge is 0.265 e. The predicted octanol–water partition coefficient (Wildman–Crippen LogP) is 2.36. The molecule has 96 valence electrons. The van der Waals surface area contributed by atoms with Crippen LogP contribution in [0.3, 0.4) is 0 Å². The zero-order chi connectivity index (χ0) is 13.2. The number of hydrogen-bond acceptors (Lipinski definition) is 4. The highest BCUT2D eigenvalue weighted by Gasteiger charge is 2.28. The minimum atomic E-state index is -3.47. The fourth-order valence-electron chi connectivity index (χ4n) is 1.63. The van der Waals surface area contributed by atoms with Crippen molar-refractivity contribution in [2.45, 2.75) is 23.6 Å². The smallest absolute Gasteiger partial charge is 0.250 e. The van der Waals surface area contributed by atoms with Gasteiger partial charge in [-0.1, -0.05) is 6.07 Å². The van der Waals surface area contributed by atoms with Gasteiger partial charge in [0.25, 0.3) is 10.0 Å². The molecule has 0 aliphatic rings. The summed E-state index contributed by atoms with van der Waals surface area (Å²) in [5.41, 5.74) is 0.198. The zero-order valence-corrected chi connectivity index (χ0v) is 11.8. The standard InChI is InChI=1S/C12H14N2O2S2/c1-12(2,10-5-7-13-8-6-10)14-18(15,16)11-4-3-9-17-11/h3-9,14H,1-2H3. The summed E-state index contributed by atoms with van der Waals surface area (Å²) in [6.45, 7) is 3.65. The van der Waals surface area contributed by atoms with Crippen LogP contribution in [0.25, 0.3) is 0 Å². The first-order valence-corrected chi connectivity index (χ1v) is 7.76. The van der Waals surface area contributed by atoms with Crippen LogP contribution in [0.5, 0.6) is 0 Å². The molecule has 0 amide bonds. The molecule has 0 unspecified atom stereocenters. The summed E-state index contributed by atoms with van der Waals surface area (Å²) in [4.78, 5) is 3.93.